The molecule has 0 saturated carbocycles. The largest absolute Gasteiger partial charge is 0.481 e. The number of rotatable bonds is 3. The fraction of sp³-hybridized carbons (Fsp3) is 0.471. The Morgan fingerprint density at radius 2 is 2.10 bits per heavy atom. The van der Waals surface area contributed by atoms with Gasteiger partial charge in [0, 0.05) is 0 Å². The van der Waals surface area contributed by atoms with Crippen molar-refractivity contribution in [2.45, 2.75) is 33.1 Å². The van der Waals surface area contributed by atoms with Gasteiger partial charge in [-0.15, -0.1) is 0 Å². The van der Waals surface area contributed by atoms with Crippen LogP contribution in [0.2, 0.25) is 0 Å². The van der Waals surface area contributed by atoms with Gasteiger partial charge < -0.3 is 14.6 Å². The molecule has 1 aliphatic heterocycles. The summed E-state index contributed by atoms with van der Waals surface area (Å²) in [7, 11) is 0. The van der Waals surface area contributed by atoms with Crippen molar-refractivity contribution in [3.05, 3.63) is 29.3 Å². The van der Waals surface area contributed by atoms with Gasteiger partial charge in [-0.1, -0.05) is 25.5 Å². The van der Waals surface area contributed by atoms with E-state index in [1.807, 2.05) is 25.1 Å². The molecule has 0 fully saturated rings. The number of ether oxygens (including phenoxy) is 2. The van der Waals surface area contributed by atoms with Crippen molar-refractivity contribution in [3.63, 3.8) is 0 Å². The first-order chi connectivity index (χ1) is 10.1. The quantitative estimate of drug-likeness (QED) is 0.921. The molecule has 21 heavy (non-hydrogen) atoms. The Hall–Kier alpha value is -1.97. The number of hydrogen-bond acceptors (Lipinski definition) is 3. The molecule has 4 nitrogen and oxygen atoms in total. The molecule has 0 amide bonds. The van der Waals surface area contributed by atoms with E-state index in [2.05, 4.69) is 6.92 Å². The first kappa shape index (κ1) is 14.0. The Bertz CT molecular complexity index is 603. The van der Waals surface area contributed by atoms with Crippen LogP contribution in [0.5, 0.6) is 11.5 Å². The van der Waals surface area contributed by atoms with Crippen LogP contribution in [-0.2, 0) is 4.79 Å². The van der Waals surface area contributed by atoms with Crippen molar-refractivity contribution < 1.29 is 19.4 Å². The van der Waals surface area contributed by atoms with Crippen molar-refractivity contribution in [1.29, 1.82) is 0 Å². The number of allylic oxidation sites excluding steroid dienone is 2. The number of carboxylic acid groups (broad SMARTS) is 1. The second-order valence-electron chi connectivity index (χ2n) is 5.70. The maximum Gasteiger partial charge on any atom is 0.307 e. The molecular weight excluding hydrogens is 268 g/mol. The maximum absolute atomic E-state index is 11.4. The minimum Gasteiger partial charge on any atom is -0.481 e. The molecule has 1 aromatic rings. The normalized spacial score (nSPS) is 24.3. The second-order valence-corrected chi connectivity index (χ2v) is 5.70. The molecule has 1 N–H and O–H groups in total. The molecule has 0 radical (unpaired) electrons. The van der Waals surface area contributed by atoms with Gasteiger partial charge >= 0.3 is 5.97 Å². The number of benzene rings is 1. The van der Waals surface area contributed by atoms with Gasteiger partial charge in [0.15, 0.2) is 11.5 Å². The van der Waals surface area contributed by atoms with Gasteiger partial charge in [-0.3, -0.25) is 4.79 Å². The lowest BCUT2D eigenvalue weighted by molar-refractivity contribution is -0.143. The van der Waals surface area contributed by atoms with Crippen LogP contribution in [0.15, 0.2) is 23.8 Å². The summed E-state index contributed by atoms with van der Waals surface area (Å²) in [5.74, 6) is 0.700. The van der Waals surface area contributed by atoms with Crippen LogP contribution in [0.1, 0.15) is 38.7 Å². The van der Waals surface area contributed by atoms with E-state index >= 15 is 0 Å². The molecule has 0 saturated heterocycles. The zero-order chi connectivity index (χ0) is 15.0. The van der Waals surface area contributed by atoms with Gasteiger partial charge in [0.05, 0.1) is 5.92 Å². The van der Waals surface area contributed by atoms with E-state index in [1.165, 1.54) is 11.1 Å². The third-order valence-corrected chi connectivity index (χ3v) is 4.67. The topological polar surface area (TPSA) is 55.8 Å². The van der Waals surface area contributed by atoms with Gasteiger partial charge in [0.25, 0.3) is 0 Å². The molecule has 1 heterocycles. The monoisotopic (exact) mass is 288 g/mol. The summed E-state index contributed by atoms with van der Waals surface area (Å²) in [5, 5.41) is 9.35. The van der Waals surface area contributed by atoms with E-state index in [1.54, 1.807) is 0 Å². The molecule has 3 rings (SSSR count). The zero-order valence-corrected chi connectivity index (χ0v) is 12.4. The van der Waals surface area contributed by atoms with E-state index in [0.717, 1.165) is 29.9 Å². The smallest absolute Gasteiger partial charge is 0.307 e. The third-order valence-electron chi connectivity index (χ3n) is 4.67. The molecule has 2 atom stereocenters. The van der Waals surface area contributed by atoms with Crippen molar-refractivity contribution >= 4 is 11.5 Å². The van der Waals surface area contributed by atoms with Gasteiger partial charge in [0.1, 0.15) is 0 Å². The number of carbonyl (C=O) groups is 1. The van der Waals surface area contributed by atoms with E-state index < -0.39 is 5.97 Å². The Labute approximate surface area is 124 Å². The minimum absolute atomic E-state index is 0.0849. The second kappa shape index (κ2) is 5.43. The van der Waals surface area contributed by atoms with Crippen LogP contribution in [0.3, 0.4) is 0 Å². The predicted molar refractivity (Wildman–Crippen MR) is 79.3 cm³/mol. The Balaban J connectivity index is 2.00. The summed E-state index contributed by atoms with van der Waals surface area (Å²) in [6.07, 6.45) is 2.39. The van der Waals surface area contributed by atoms with Gasteiger partial charge in [-0.25, -0.2) is 0 Å². The third kappa shape index (κ3) is 2.39. The molecule has 0 bridgehead atoms. The Morgan fingerprint density at radius 1 is 1.33 bits per heavy atom. The first-order valence-electron chi connectivity index (χ1n) is 7.46. The van der Waals surface area contributed by atoms with Gasteiger partial charge in [-0.05, 0) is 48.4 Å². The van der Waals surface area contributed by atoms with E-state index in [0.29, 0.717) is 6.42 Å². The van der Waals surface area contributed by atoms with Crippen molar-refractivity contribution in [3.8, 4) is 11.5 Å². The average Bonchev–Trinajstić information content (AvgIpc) is 2.93. The summed E-state index contributed by atoms with van der Waals surface area (Å²) < 4.78 is 10.8. The van der Waals surface area contributed by atoms with E-state index in [9.17, 15) is 9.90 Å². The summed E-state index contributed by atoms with van der Waals surface area (Å²) in [6, 6.07) is 6.00. The highest BCUT2D eigenvalue weighted by molar-refractivity contribution is 5.77. The lowest BCUT2D eigenvalue weighted by Gasteiger charge is -2.31. The lowest BCUT2D eigenvalue weighted by Crippen LogP contribution is -2.27. The SMILES string of the molecule is CCC1=C(c2ccc3c(c2)OCO3)CCC(C(=O)O)C1C. The summed E-state index contributed by atoms with van der Waals surface area (Å²) >= 11 is 0. The number of fused-ring (bicyclic) bond motifs is 1. The van der Waals surface area contributed by atoms with E-state index in [4.69, 9.17) is 9.47 Å². The Kier molecular flexibility index (Phi) is 3.62. The number of carboxylic acids is 1. The maximum atomic E-state index is 11.4. The number of hydrogen-bond donors (Lipinski definition) is 1. The molecule has 112 valence electrons. The predicted octanol–water partition coefficient (Wildman–Crippen LogP) is 3.71. The van der Waals surface area contributed by atoms with Gasteiger partial charge in [0.2, 0.25) is 6.79 Å². The molecule has 0 spiro atoms. The summed E-state index contributed by atoms with van der Waals surface area (Å²) in [5.41, 5.74) is 3.67. The molecule has 2 unspecified atom stereocenters. The number of aliphatic carboxylic acids is 1. The highest BCUT2D eigenvalue weighted by Gasteiger charge is 2.32. The van der Waals surface area contributed by atoms with E-state index in [-0.39, 0.29) is 18.6 Å². The molecular formula is C17H20O4. The fourth-order valence-corrected chi connectivity index (χ4v) is 3.51. The minimum atomic E-state index is -0.682. The zero-order valence-electron chi connectivity index (χ0n) is 12.4. The standard InChI is InChI=1S/C17H20O4/c1-3-12-10(2)13(17(18)19)5-6-14(12)11-4-7-15-16(8-11)21-9-20-15/h4,7-8,10,13H,3,5-6,9H2,1-2H3,(H,18,19). The molecule has 1 aromatic carbocycles. The molecule has 4 heteroatoms. The summed E-state index contributed by atoms with van der Waals surface area (Å²) in [6.45, 7) is 4.41. The highest BCUT2D eigenvalue weighted by Crippen LogP contribution is 2.43. The lowest BCUT2D eigenvalue weighted by atomic mass is 9.73. The average molecular weight is 288 g/mol. The van der Waals surface area contributed by atoms with Crippen molar-refractivity contribution in [2.24, 2.45) is 11.8 Å². The van der Waals surface area contributed by atoms with Crippen LogP contribution in [-0.4, -0.2) is 17.9 Å². The van der Waals surface area contributed by atoms with Crippen LogP contribution in [0.4, 0.5) is 0 Å². The van der Waals surface area contributed by atoms with Crippen molar-refractivity contribution in [2.75, 3.05) is 6.79 Å². The van der Waals surface area contributed by atoms with Crippen LogP contribution in [0, 0.1) is 11.8 Å². The van der Waals surface area contributed by atoms with Gasteiger partial charge in [-0.2, -0.15) is 0 Å². The first-order valence-corrected chi connectivity index (χ1v) is 7.46. The Morgan fingerprint density at radius 3 is 2.81 bits per heavy atom. The van der Waals surface area contributed by atoms with Crippen molar-refractivity contribution in [1.82, 2.24) is 0 Å². The summed E-state index contributed by atoms with van der Waals surface area (Å²) in [4.78, 5) is 11.4. The molecule has 1 aliphatic carbocycles. The fourth-order valence-electron chi connectivity index (χ4n) is 3.51. The van der Waals surface area contributed by atoms with Crippen LogP contribution >= 0.6 is 0 Å². The molecule has 2 aliphatic rings. The van der Waals surface area contributed by atoms with Crippen LogP contribution < -0.4 is 9.47 Å². The molecule has 0 aromatic heterocycles. The highest BCUT2D eigenvalue weighted by atomic mass is 16.7. The van der Waals surface area contributed by atoms with Crippen LogP contribution in [0.25, 0.3) is 5.57 Å².